The highest BCUT2D eigenvalue weighted by atomic mass is 35.5. The molecule has 1 unspecified atom stereocenters. The summed E-state index contributed by atoms with van der Waals surface area (Å²) in [4.78, 5) is 11.5. The molecular formula is C18H17Cl2NO4. The van der Waals surface area contributed by atoms with E-state index >= 15 is 0 Å². The zero-order chi connectivity index (χ0) is 18.0. The molecule has 1 heterocycles. The van der Waals surface area contributed by atoms with Gasteiger partial charge >= 0.3 is 0 Å². The van der Waals surface area contributed by atoms with Crippen LogP contribution in [0.4, 0.5) is 0 Å². The predicted molar refractivity (Wildman–Crippen MR) is 94.6 cm³/mol. The van der Waals surface area contributed by atoms with Crippen LogP contribution in [0.25, 0.3) is 0 Å². The lowest BCUT2D eigenvalue weighted by atomic mass is 9.98. The third-order valence-corrected chi connectivity index (χ3v) is 4.90. The fraction of sp³-hybridized carbons (Fsp3) is 0.278. The molecule has 5 nitrogen and oxygen atoms in total. The maximum atomic E-state index is 11.5. The fourth-order valence-electron chi connectivity index (χ4n) is 2.79. The summed E-state index contributed by atoms with van der Waals surface area (Å²) in [7, 11) is 1.55. The van der Waals surface area contributed by atoms with E-state index < -0.39 is 0 Å². The van der Waals surface area contributed by atoms with Crippen molar-refractivity contribution in [1.82, 2.24) is 5.06 Å². The van der Waals surface area contributed by atoms with Crippen LogP contribution in [0.1, 0.15) is 23.5 Å². The molecule has 2 aromatic carbocycles. The molecule has 1 N–H and O–H groups in total. The number of halogens is 2. The van der Waals surface area contributed by atoms with Crippen LogP contribution in [0.15, 0.2) is 36.4 Å². The van der Waals surface area contributed by atoms with Crippen LogP contribution in [0, 0.1) is 0 Å². The van der Waals surface area contributed by atoms with Crippen LogP contribution in [0.3, 0.4) is 0 Å². The zero-order valence-corrected chi connectivity index (χ0v) is 15.0. The average molecular weight is 382 g/mol. The Morgan fingerprint density at radius 1 is 1.20 bits per heavy atom. The number of hydrogen-bond donors (Lipinski definition) is 1. The maximum absolute atomic E-state index is 11.5. The van der Waals surface area contributed by atoms with Crippen molar-refractivity contribution in [2.45, 2.75) is 18.9 Å². The minimum Gasteiger partial charge on any atom is -0.493 e. The first-order chi connectivity index (χ1) is 12.0. The van der Waals surface area contributed by atoms with Gasteiger partial charge < -0.3 is 9.47 Å². The molecule has 0 aromatic heterocycles. The lowest BCUT2D eigenvalue weighted by Gasteiger charge is -2.16. The van der Waals surface area contributed by atoms with Crippen molar-refractivity contribution in [1.29, 1.82) is 0 Å². The Morgan fingerprint density at radius 3 is 2.52 bits per heavy atom. The highest BCUT2D eigenvalue weighted by Crippen LogP contribution is 2.35. The normalized spacial score (nSPS) is 17.0. The molecular weight excluding hydrogens is 365 g/mol. The van der Waals surface area contributed by atoms with E-state index in [2.05, 4.69) is 0 Å². The lowest BCUT2D eigenvalue weighted by Crippen LogP contribution is -2.19. The fourth-order valence-corrected chi connectivity index (χ4v) is 3.30. The molecule has 1 aliphatic heterocycles. The molecule has 25 heavy (non-hydrogen) atoms. The molecule has 0 bridgehead atoms. The Morgan fingerprint density at radius 2 is 1.92 bits per heavy atom. The van der Waals surface area contributed by atoms with E-state index in [9.17, 15) is 10.0 Å². The number of hydrogen-bond acceptors (Lipinski definition) is 4. The number of carbonyl (C=O) groups excluding carboxylic acids is 1. The molecule has 0 radical (unpaired) electrons. The zero-order valence-electron chi connectivity index (χ0n) is 13.5. The first kappa shape index (κ1) is 17.9. The number of hydroxylamine groups is 2. The van der Waals surface area contributed by atoms with Gasteiger partial charge in [0.1, 0.15) is 6.61 Å². The molecule has 0 spiro atoms. The SMILES string of the molecule is COc1ccc(C2CC(=O)N(O)C2)cc1OCc1c(Cl)cccc1Cl. The number of ether oxygens (including phenoxy) is 2. The van der Waals surface area contributed by atoms with Crippen molar-refractivity contribution in [3.8, 4) is 11.5 Å². The topological polar surface area (TPSA) is 59.0 Å². The van der Waals surface area contributed by atoms with E-state index in [1.807, 2.05) is 12.1 Å². The Hall–Kier alpha value is -1.95. The molecule has 1 atom stereocenters. The molecule has 1 aliphatic rings. The highest BCUT2D eigenvalue weighted by molar-refractivity contribution is 6.35. The Bertz CT molecular complexity index is 776. The maximum Gasteiger partial charge on any atom is 0.246 e. The van der Waals surface area contributed by atoms with E-state index in [1.165, 1.54) is 0 Å². The van der Waals surface area contributed by atoms with Crippen LogP contribution >= 0.6 is 23.2 Å². The molecule has 1 fully saturated rings. The van der Waals surface area contributed by atoms with Crippen molar-refractivity contribution in [3.63, 3.8) is 0 Å². The Balaban J connectivity index is 1.82. The van der Waals surface area contributed by atoms with Gasteiger partial charge in [0.05, 0.1) is 13.7 Å². The summed E-state index contributed by atoms with van der Waals surface area (Å²) in [5.74, 6) is 0.720. The van der Waals surface area contributed by atoms with Crippen molar-refractivity contribution in [2.24, 2.45) is 0 Å². The van der Waals surface area contributed by atoms with E-state index in [-0.39, 0.29) is 31.4 Å². The summed E-state index contributed by atoms with van der Waals surface area (Å²) < 4.78 is 11.2. The Kier molecular flexibility index (Phi) is 5.37. The predicted octanol–water partition coefficient (Wildman–Crippen LogP) is 4.29. The molecule has 132 valence electrons. The van der Waals surface area contributed by atoms with Crippen LogP contribution < -0.4 is 9.47 Å². The third kappa shape index (κ3) is 3.84. The van der Waals surface area contributed by atoms with E-state index in [4.69, 9.17) is 32.7 Å². The van der Waals surface area contributed by atoms with Gasteiger partial charge in [-0.1, -0.05) is 35.3 Å². The lowest BCUT2D eigenvalue weighted by molar-refractivity contribution is -0.157. The van der Waals surface area contributed by atoms with Crippen LogP contribution in [0.5, 0.6) is 11.5 Å². The second-order valence-corrected chi connectivity index (χ2v) is 6.59. The van der Waals surface area contributed by atoms with Crippen molar-refractivity contribution >= 4 is 29.1 Å². The molecule has 0 saturated carbocycles. The minimum absolute atomic E-state index is 0.0883. The van der Waals surface area contributed by atoms with Gasteiger partial charge in [0, 0.05) is 27.9 Å². The van der Waals surface area contributed by atoms with Crippen LogP contribution in [0.2, 0.25) is 10.0 Å². The summed E-state index contributed by atoms with van der Waals surface area (Å²) in [6.07, 6.45) is 0.263. The number of methoxy groups -OCH3 is 1. The summed E-state index contributed by atoms with van der Waals surface area (Å²) in [6.45, 7) is 0.453. The summed E-state index contributed by atoms with van der Waals surface area (Å²) in [5.41, 5.74) is 1.59. The van der Waals surface area contributed by atoms with Gasteiger partial charge in [0.2, 0.25) is 5.91 Å². The number of carbonyl (C=O) groups is 1. The minimum atomic E-state index is -0.286. The summed E-state index contributed by atoms with van der Waals surface area (Å²) in [6, 6.07) is 10.7. The van der Waals surface area contributed by atoms with Gasteiger partial charge in [0.15, 0.2) is 11.5 Å². The molecule has 1 amide bonds. The summed E-state index contributed by atoms with van der Waals surface area (Å²) in [5, 5.41) is 11.3. The average Bonchev–Trinajstić information content (AvgIpc) is 2.93. The van der Waals surface area contributed by atoms with E-state index in [0.29, 0.717) is 27.1 Å². The quantitative estimate of drug-likeness (QED) is 0.784. The third-order valence-electron chi connectivity index (χ3n) is 4.20. The van der Waals surface area contributed by atoms with Crippen molar-refractivity contribution in [3.05, 3.63) is 57.6 Å². The standard InChI is InChI=1S/C18H17Cl2NO4/c1-24-16-6-5-11(12-8-18(22)21(23)9-12)7-17(16)25-10-13-14(19)3-2-4-15(13)20/h2-7,12,23H,8-10H2,1H3. The molecule has 1 saturated heterocycles. The van der Waals surface area contributed by atoms with Crippen LogP contribution in [-0.2, 0) is 11.4 Å². The highest BCUT2D eigenvalue weighted by Gasteiger charge is 2.30. The molecule has 7 heteroatoms. The van der Waals surface area contributed by atoms with Gasteiger partial charge in [-0.3, -0.25) is 10.0 Å². The molecule has 3 rings (SSSR count). The number of rotatable bonds is 5. The van der Waals surface area contributed by atoms with Crippen molar-refractivity contribution in [2.75, 3.05) is 13.7 Å². The molecule has 0 aliphatic carbocycles. The largest absolute Gasteiger partial charge is 0.493 e. The van der Waals surface area contributed by atoms with Gasteiger partial charge in [0.25, 0.3) is 0 Å². The second-order valence-electron chi connectivity index (χ2n) is 5.78. The van der Waals surface area contributed by atoms with E-state index in [0.717, 1.165) is 10.6 Å². The number of amides is 1. The monoisotopic (exact) mass is 381 g/mol. The van der Waals surface area contributed by atoms with Gasteiger partial charge in [-0.2, -0.15) is 0 Å². The summed E-state index contributed by atoms with van der Waals surface area (Å²) >= 11 is 12.3. The molecule has 2 aromatic rings. The first-order valence-corrected chi connectivity index (χ1v) is 8.48. The van der Waals surface area contributed by atoms with Gasteiger partial charge in [-0.15, -0.1) is 0 Å². The van der Waals surface area contributed by atoms with Gasteiger partial charge in [-0.05, 0) is 29.8 Å². The number of benzene rings is 2. The second kappa shape index (κ2) is 7.52. The van der Waals surface area contributed by atoms with Crippen molar-refractivity contribution < 1.29 is 19.5 Å². The number of nitrogens with zero attached hydrogens (tertiary/aromatic N) is 1. The Labute approximate surface area is 155 Å². The van der Waals surface area contributed by atoms with Crippen LogP contribution in [-0.4, -0.2) is 29.8 Å². The van der Waals surface area contributed by atoms with E-state index in [1.54, 1.807) is 31.4 Å². The van der Waals surface area contributed by atoms with Gasteiger partial charge in [-0.25, -0.2) is 5.06 Å². The smallest absolute Gasteiger partial charge is 0.246 e. The first-order valence-electron chi connectivity index (χ1n) is 7.72.